The lowest BCUT2D eigenvalue weighted by molar-refractivity contribution is -0.137. The molecule has 0 spiro atoms. The van der Waals surface area contributed by atoms with E-state index in [9.17, 15) is 13.2 Å². The highest BCUT2D eigenvalue weighted by Gasteiger charge is 2.29. The van der Waals surface area contributed by atoms with Gasteiger partial charge in [0, 0.05) is 13.5 Å². The fourth-order valence-corrected chi connectivity index (χ4v) is 2.15. The van der Waals surface area contributed by atoms with Crippen LogP contribution < -0.4 is 0 Å². The fraction of sp³-hybridized carbons (Fsp3) is 0.333. The third-order valence-electron chi connectivity index (χ3n) is 2.82. The Morgan fingerprint density at radius 1 is 1.11 bits per heavy atom. The molecule has 0 aliphatic heterocycles. The predicted octanol–water partition coefficient (Wildman–Crippen LogP) is 3.32. The molecule has 0 bridgehead atoms. The summed E-state index contributed by atoms with van der Waals surface area (Å²) in [5, 5.41) is 8.57. The maximum absolute atomic E-state index is 12.4. The van der Waals surface area contributed by atoms with Crippen molar-refractivity contribution in [2.45, 2.75) is 17.9 Å². The van der Waals surface area contributed by atoms with E-state index in [-0.39, 0.29) is 0 Å². The number of rotatable bonds is 3. The molecule has 2 rings (SSSR count). The molecule has 0 aliphatic carbocycles. The number of hydrogen-bond acceptors (Lipinski definition) is 2. The van der Waals surface area contributed by atoms with Crippen LogP contribution in [0.4, 0.5) is 13.2 Å². The summed E-state index contributed by atoms with van der Waals surface area (Å²) in [4.78, 5) is 0. The van der Waals surface area contributed by atoms with Gasteiger partial charge in [0.05, 0.1) is 10.9 Å². The average molecular weight is 334 g/mol. The van der Waals surface area contributed by atoms with Gasteiger partial charge in [0.1, 0.15) is 11.6 Å². The van der Waals surface area contributed by atoms with Crippen LogP contribution in [0.15, 0.2) is 24.3 Å². The zero-order chi connectivity index (χ0) is 14.0. The van der Waals surface area contributed by atoms with Crippen LogP contribution in [-0.2, 0) is 25.0 Å². The van der Waals surface area contributed by atoms with Crippen molar-refractivity contribution in [2.24, 2.45) is 7.05 Å². The Morgan fingerprint density at radius 3 is 2.16 bits per heavy atom. The topological polar surface area (TPSA) is 30.7 Å². The molecular weight excluding hydrogens is 323 g/mol. The second-order valence-corrected chi connectivity index (χ2v) is 4.66. The molecule has 1 heterocycles. The van der Waals surface area contributed by atoms with Crippen molar-refractivity contribution >= 4 is 15.9 Å². The first-order valence-corrected chi connectivity index (χ1v) is 6.63. The predicted molar refractivity (Wildman–Crippen MR) is 67.9 cm³/mol. The van der Waals surface area contributed by atoms with Crippen LogP contribution in [0.1, 0.15) is 22.8 Å². The van der Waals surface area contributed by atoms with E-state index in [0.29, 0.717) is 17.6 Å². The molecule has 3 nitrogen and oxygen atoms in total. The molecule has 19 heavy (non-hydrogen) atoms. The van der Waals surface area contributed by atoms with Gasteiger partial charge in [-0.1, -0.05) is 28.1 Å². The van der Waals surface area contributed by atoms with Crippen LogP contribution >= 0.6 is 15.9 Å². The molecule has 1 aromatic heterocycles. The summed E-state index contributed by atoms with van der Waals surface area (Å²) in [5.41, 5.74) is 0.125. The number of alkyl halides is 4. The second-order valence-electron chi connectivity index (χ2n) is 4.10. The minimum atomic E-state index is -4.30. The number of benzene rings is 1. The highest BCUT2D eigenvalue weighted by Crippen LogP contribution is 2.29. The first kappa shape index (κ1) is 14.0. The Kier molecular flexibility index (Phi) is 3.93. The first-order valence-electron chi connectivity index (χ1n) is 5.51. The van der Waals surface area contributed by atoms with Crippen LogP contribution in [0.25, 0.3) is 0 Å². The van der Waals surface area contributed by atoms with Crippen molar-refractivity contribution in [2.75, 3.05) is 0 Å². The third kappa shape index (κ3) is 3.15. The molecule has 0 saturated heterocycles. The molecule has 0 aliphatic rings. The summed E-state index contributed by atoms with van der Waals surface area (Å²) in [6.07, 6.45) is -3.85. The second kappa shape index (κ2) is 5.32. The largest absolute Gasteiger partial charge is 0.416 e. The van der Waals surface area contributed by atoms with E-state index in [1.807, 2.05) is 11.6 Å². The smallest absolute Gasteiger partial charge is 0.317 e. The van der Waals surface area contributed by atoms with Gasteiger partial charge in [-0.2, -0.15) is 13.2 Å². The zero-order valence-corrected chi connectivity index (χ0v) is 11.7. The number of aromatic nitrogens is 3. The highest BCUT2D eigenvalue weighted by molar-refractivity contribution is 9.08. The molecule has 0 fully saturated rings. The number of nitrogens with zero attached hydrogens (tertiary/aromatic N) is 3. The average Bonchev–Trinajstić information content (AvgIpc) is 2.70. The first-order chi connectivity index (χ1) is 8.91. The highest BCUT2D eigenvalue weighted by atomic mass is 79.9. The maximum Gasteiger partial charge on any atom is 0.416 e. The SMILES string of the molecule is Cn1c(CBr)nnc1Cc1ccc(C(F)(F)F)cc1. The molecule has 0 unspecified atom stereocenters. The van der Waals surface area contributed by atoms with E-state index < -0.39 is 11.7 Å². The standard InChI is InChI=1S/C12H11BrF3N3/c1-19-10(17-18-11(19)7-13)6-8-2-4-9(5-3-8)12(14,15)16/h2-5H,6-7H2,1H3. The lowest BCUT2D eigenvalue weighted by atomic mass is 10.1. The summed E-state index contributed by atoms with van der Waals surface area (Å²) in [7, 11) is 1.83. The van der Waals surface area contributed by atoms with E-state index in [1.54, 1.807) is 0 Å². The molecule has 0 atom stereocenters. The Bertz CT molecular complexity index is 561. The molecule has 2 aromatic rings. The molecule has 0 amide bonds. The Balaban J connectivity index is 2.17. The number of halogens is 4. The van der Waals surface area contributed by atoms with Crippen molar-refractivity contribution in [3.63, 3.8) is 0 Å². The quantitative estimate of drug-likeness (QED) is 0.807. The van der Waals surface area contributed by atoms with E-state index in [0.717, 1.165) is 23.5 Å². The maximum atomic E-state index is 12.4. The van der Waals surface area contributed by atoms with E-state index in [2.05, 4.69) is 26.1 Å². The zero-order valence-electron chi connectivity index (χ0n) is 10.1. The summed E-state index contributed by atoms with van der Waals surface area (Å²) >= 11 is 3.29. The fourth-order valence-electron chi connectivity index (χ4n) is 1.66. The van der Waals surface area contributed by atoms with Gasteiger partial charge in [-0.05, 0) is 17.7 Å². The van der Waals surface area contributed by atoms with Gasteiger partial charge in [0.2, 0.25) is 0 Å². The molecule has 102 valence electrons. The van der Waals surface area contributed by atoms with Gasteiger partial charge in [0.25, 0.3) is 0 Å². The van der Waals surface area contributed by atoms with E-state index >= 15 is 0 Å². The molecule has 7 heteroatoms. The minimum absolute atomic E-state index is 0.453. The number of hydrogen-bond donors (Lipinski definition) is 0. The van der Waals surface area contributed by atoms with E-state index in [4.69, 9.17) is 0 Å². The van der Waals surface area contributed by atoms with Crippen LogP contribution in [0.3, 0.4) is 0 Å². The summed E-state index contributed by atoms with van der Waals surface area (Å²) in [6.45, 7) is 0. The van der Waals surface area contributed by atoms with Gasteiger partial charge < -0.3 is 4.57 Å². The molecule has 1 aromatic carbocycles. The van der Waals surface area contributed by atoms with Crippen molar-refractivity contribution in [1.82, 2.24) is 14.8 Å². The van der Waals surface area contributed by atoms with Gasteiger partial charge in [-0.15, -0.1) is 10.2 Å². The lowest BCUT2D eigenvalue weighted by Gasteiger charge is -2.07. The lowest BCUT2D eigenvalue weighted by Crippen LogP contribution is -2.05. The van der Waals surface area contributed by atoms with Crippen LogP contribution in [0.5, 0.6) is 0 Å². The van der Waals surface area contributed by atoms with Gasteiger partial charge in [0.15, 0.2) is 0 Å². The summed E-state index contributed by atoms with van der Waals surface area (Å²) < 4.78 is 39.1. The van der Waals surface area contributed by atoms with Crippen LogP contribution in [0, 0.1) is 0 Å². The van der Waals surface area contributed by atoms with Gasteiger partial charge in [-0.25, -0.2) is 0 Å². The molecule has 0 N–H and O–H groups in total. The van der Waals surface area contributed by atoms with Crippen molar-refractivity contribution < 1.29 is 13.2 Å². The summed E-state index contributed by atoms with van der Waals surface area (Å²) in [5.74, 6) is 1.50. The minimum Gasteiger partial charge on any atom is -0.317 e. The Hall–Kier alpha value is -1.37. The van der Waals surface area contributed by atoms with Crippen molar-refractivity contribution in [3.05, 3.63) is 47.0 Å². The molecule has 0 saturated carbocycles. The Labute approximate surface area is 116 Å². The molecular formula is C12H11BrF3N3. The van der Waals surface area contributed by atoms with Crippen molar-refractivity contribution in [3.8, 4) is 0 Å². The Morgan fingerprint density at radius 2 is 1.68 bits per heavy atom. The monoisotopic (exact) mass is 333 g/mol. The van der Waals surface area contributed by atoms with Crippen LogP contribution in [-0.4, -0.2) is 14.8 Å². The van der Waals surface area contributed by atoms with Crippen LogP contribution in [0.2, 0.25) is 0 Å². The molecule has 0 radical (unpaired) electrons. The van der Waals surface area contributed by atoms with Gasteiger partial charge in [-0.3, -0.25) is 0 Å². The van der Waals surface area contributed by atoms with Gasteiger partial charge >= 0.3 is 6.18 Å². The van der Waals surface area contributed by atoms with Crippen molar-refractivity contribution in [1.29, 1.82) is 0 Å². The summed E-state index contributed by atoms with van der Waals surface area (Å²) in [6, 6.07) is 5.09. The third-order valence-corrected chi connectivity index (χ3v) is 3.32. The van der Waals surface area contributed by atoms with E-state index in [1.165, 1.54) is 12.1 Å². The normalized spacial score (nSPS) is 11.8.